The van der Waals surface area contributed by atoms with Gasteiger partial charge in [0.25, 0.3) is 5.91 Å². The van der Waals surface area contributed by atoms with Crippen LogP contribution in [0.1, 0.15) is 44.0 Å². The fourth-order valence-electron chi connectivity index (χ4n) is 1.76. The number of rotatable bonds is 6. The van der Waals surface area contributed by atoms with Crippen LogP contribution in [0.25, 0.3) is 0 Å². The average Bonchev–Trinajstić information content (AvgIpc) is 2.46. The first-order chi connectivity index (χ1) is 9.88. The number of halogens is 1. The third-order valence-corrected chi connectivity index (χ3v) is 3.22. The number of amides is 1. The predicted octanol–water partition coefficient (Wildman–Crippen LogP) is 2.26. The molecule has 1 amide bonds. The van der Waals surface area contributed by atoms with Gasteiger partial charge in [0.2, 0.25) is 0 Å². The van der Waals surface area contributed by atoms with Gasteiger partial charge in [0, 0.05) is 6.04 Å². The molecule has 116 valence electrons. The van der Waals surface area contributed by atoms with Crippen molar-refractivity contribution in [1.29, 1.82) is 0 Å². The monoisotopic (exact) mass is 296 g/mol. The van der Waals surface area contributed by atoms with Crippen molar-refractivity contribution in [2.45, 2.75) is 45.8 Å². The van der Waals surface area contributed by atoms with E-state index in [9.17, 15) is 14.0 Å². The molecular formula is C15H21FN2O3. The first-order valence-electron chi connectivity index (χ1n) is 6.95. The molecular weight excluding hydrogens is 275 g/mol. The minimum absolute atomic E-state index is 0.0557. The summed E-state index contributed by atoms with van der Waals surface area (Å²) < 4.78 is 18.1. The standard InChI is InChI=1S/C15H21FN2O3/c1-4-11(5-2)18-14(19)9(3)21-15(20)10-6-7-12(16)13(17)8-10/h6-9,11H,4-5,17H2,1-3H3,(H,18,19). The van der Waals surface area contributed by atoms with Crippen molar-refractivity contribution in [2.24, 2.45) is 0 Å². The summed E-state index contributed by atoms with van der Waals surface area (Å²) in [4.78, 5) is 23.8. The minimum atomic E-state index is -0.927. The van der Waals surface area contributed by atoms with Crippen LogP contribution < -0.4 is 11.1 Å². The number of ether oxygens (including phenoxy) is 1. The molecule has 1 rings (SSSR count). The Hall–Kier alpha value is -2.11. The molecule has 0 heterocycles. The van der Waals surface area contributed by atoms with E-state index in [2.05, 4.69) is 5.32 Å². The quantitative estimate of drug-likeness (QED) is 0.623. The van der Waals surface area contributed by atoms with Crippen LogP contribution >= 0.6 is 0 Å². The van der Waals surface area contributed by atoms with E-state index < -0.39 is 17.9 Å². The Balaban J connectivity index is 2.64. The first-order valence-corrected chi connectivity index (χ1v) is 6.95. The van der Waals surface area contributed by atoms with Crippen LogP contribution in [0.2, 0.25) is 0 Å². The SMILES string of the molecule is CCC(CC)NC(=O)C(C)OC(=O)c1ccc(F)c(N)c1. The number of esters is 1. The van der Waals surface area contributed by atoms with E-state index in [-0.39, 0.29) is 23.2 Å². The summed E-state index contributed by atoms with van der Waals surface area (Å²) >= 11 is 0. The lowest BCUT2D eigenvalue weighted by molar-refractivity contribution is -0.129. The van der Waals surface area contributed by atoms with Gasteiger partial charge in [-0.2, -0.15) is 0 Å². The van der Waals surface area contributed by atoms with Gasteiger partial charge in [0.05, 0.1) is 11.3 Å². The molecule has 21 heavy (non-hydrogen) atoms. The van der Waals surface area contributed by atoms with Crippen molar-refractivity contribution in [3.63, 3.8) is 0 Å². The molecule has 0 saturated heterocycles. The fourth-order valence-corrected chi connectivity index (χ4v) is 1.76. The van der Waals surface area contributed by atoms with Gasteiger partial charge in [-0.05, 0) is 38.0 Å². The highest BCUT2D eigenvalue weighted by Gasteiger charge is 2.21. The van der Waals surface area contributed by atoms with E-state index in [1.165, 1.54) is 19.1 Å². The largest absolute Gasteiger partial charge is 0.449 e. The summed E-state index contributed by atoms with van der Waals surface area (Å²) in [6, 6.07) is 3.59. The summed E-state index contributed by atoms with van der Waals surface area (Å²) in [7, 11) is 0. The van der Waals surface area contributed by atoms with Crippen LogP contribution in [0, 0.1) is 5.82 Å². The van der Waals surface area contributed by atoms with Crippen molar-refractivity contribution < 1.29 is 18.7 Å². The van der Waals surface area contributed by atoms with Gasteiger partial charge < -0.3 is 15.8 Å². The van der Waals surface area contributed by atoms with Crippen LogP contribution in [-0.4, -0.2) is 24.0 Å². The predicted molar refractivity (Wildman–Crippen MR) is 78.2 cm³/mol. The molecule has 0 spiro atoms. The Morgan fingerprint density at radius 2 is 1.95 bits per heavy atom. The number of benzene rings is 1. The van der Waals surface area contributed by atoms with Crippen molar-refractivity contribution in [1.82, 2.24) is 5.32 Å². The second-order valence-corrected chi connectivity index (χ2v) is 4.81. The lowest BCUT2D eigenvalue weighted by atomic mass is 10.1. The number of carbonyl (C=O) groups excluding carboxylic acids is 2. The molecule has 5 nitrogen and oxygen atoms in total. The highest BCUT2D eigenvalue weighted by molar-refractivity contribution is 5.93. The van der Waals surface area contributed by atoms with Crippen LogP contribution in [0.4, 0.5) is 10.1 Å². The lowest BCUT2D eigenvalue weighted by Crippen LogP contribution is -2.41. The zero-order valence-electron chi connectivity index (χ0n) is 12.5. The lowest BCUT2D eigenvalue weighted by Gasteiger charge is -2.18. The van der Waals surface area contributed by atoms with Crippen LogP contribution in [0.5, 0.6) is 0 Å². The third-order valence-electron chi connectivity index (χ3n) is 3.22. The van der Waals surface area contributed by atoms with E-state index in [0.29, 0.717) is 0 Å². The summed E-state index contributed by atoms with van der Waals surface area (Å²) in [6.45, 7) is 5.42. The maximum Gasteiger partial charge on any atom is 0.338 e. The van der Waals surface area contributed by atoms with Crippen molar-refractivity contribution >= 4 is 17.6 Å². The minimum Gasteiger partial charge on any atom is -0.449 e. The molecule has 1 unspecified atom stereocenters. The normalized spacial score (nSPS) is 12.0. The number of nitrogens with two attached hydrogens (primary N) is 1. The number of hydrogen-bond donors (Lipinski definition) is 2. The average molecular weight is 296 g/mol. The van der Waals surface area contributed by atoms with Crippen LogP contribution in [-0.2, 0) is 9.53 Å². The molecule has 1 aromatic rings. The number of nitrogens with one attached hydrogen (secondary N) is 1. The summed E-state index contributed by atoms with van der Waals surface area (Å²) in [5.41, 5.74) is 5.36. The number of nitrogen functional groups attached to an aromatic ring is 1. The Morgan fingerprint density at radius 3 is 2.48 bits per heavy atom. The molecule has 3 N–H and O–H groups in total. The molecule has 0 aliphatic rings. The van der Waals surface area contributed by atoms with Gasteiger partial charge in [-0.1, -0.05) is 13.8 Å². The molecule has 6 heteroatoms. The number of carbonyl (C=O) groups is 2. The van der Waals surface area contributed by atoms with E-state index in [0.717, 1.165) is 18.9 Å². The van der Waals surface area contributed by atoms with Crippen LogP contribution in [0.3, 0.4) is 0 Å². The Morgan fingerprint density at radius 1 is 1.33 bits per heavy atom. The summed E-state index contributed by atoms with van der Waals surface area (Å²) in [5, 5.41) is 2.79. The smallest absolute Gasteiger partial charge is 0.338 e. The van der Waals surface area contributed by atoms with Gasteiger partial charge in [0.1, 0.15) is 5.82 Å². The zero-order valence-corrected chi connectivity index (χ0v) is 12.5. The molecule has 0 aromatic heterocycles. The molecule has 0 bridgehead atoms. The highest BCUT2D eigenvalue weighted by atomic mass is 19.1. The Labute approximate surface area is 123 Å². The summed E-state index contributed by atoms with van der Waals surface area (Å²) in [6.07, 6.45) is 0.679. The molecule has 1 aromatic carbocycles. The Kier molecular flexibility index (Phi) is 6.14. The number of hydrogen-bond acceptors (Lipinski definition) is 4. The molecule has 1 atom stereocenters. The van der Waals surface area contributed by atoms with E-state index in [1.54, 1.807) is 0 Å². The molecule has 0 fully saturated rings. The van der Waals surface area contributed by atoms with Crippen LogP contribution in [0.15, 0.2) is 18.2 Å². The molecule has 0 aliphatic carbocycles. The van der Waals surface area contributed by atoms with Crippen molar-refractivity contribution in [3.8, 4) is 0 Å². The second-order valence-electron chi connectivity index (χ2n) is 4.81. The van der Waals surface area contributed by atoms with E-state index in [1.807, 2.05) is 13.8 Å². The topological polar surface area (TPSA) is 81.4 Å². The van der Waals surface area contributed by atoms with Crippen molar-refractivity contribution in [2.75, 3.05) is 5.73 Å². The maximum atomic E-state index is 13.0. The molecule has 0 radical (unpaired) electrons. The highest BCUT2D eigenvalue weighted by Crippen LogP contribution is 2.14. The van der Waals surface area contributed by atoms with E-state index >= 15 is 0 Å². The van der Waals surface area contributed by atoms with E-state index in [4.69, 9.17) is 10.5 Å². The third kappa shape index (κ3) is 4.73. The maximum absolute atomic E-state index is 13.0. The van der Waals surface area contributed by atoms with Gasteiger partial charge in [-0.25, -0.2) is 9.18 Å². The van der Waals surface area contributed by atoms with Crippen molar-refractivity contribution in [3.05, 3.63) is 29.6 Å². The zero-order chi connectivity index (χ0) is 16.0. The van der Waals surface area contributed by atoms with Gasteiger partial charge in [-0.15, -0.1) is 0 Å². The fraction of sp³-hybridized carbons (Fsp3) is 0.467. The molecule has 0 saturated carbocycles. The van der Waals surface area contributed by atoms with Gasteiger partial charge in [-0.3, -0.25) is 4.79 Å². The second kappa shape index (κ2) is 7.61. The Bertz CT molecular complexity index is 516. The summed E-state index contributed by atoms with van der Waals surface area (Å²) in [5.74, 6) is -1.67. The van der Waals surface area contributed by atoms with Gasteiger partial charge in [0.15, 0.2) is 6.10 Å². The molecule has 0 aliphatic heterocycles. The van der Waals surface area contributed by atoms with Gasteiger partial charge >= 0.3 is 5.97 Å². The number of anilines is 1. The first kappa shape index (κ1) is 16.9.